The smallest absolute Gasteiger partial charge is 0.158 e. The van der Waals surface area contributed by atoms with Gasteiger partial charge in [-0.25, -0.2) is 4.98 Å². The van der Waals surface area contributed by atoms with Crippen LogP contribution in [0.3, 0.4) is 0 Å². The average Bonchev–Trinajstić information content (AvgIpc) is 3.00. The van der Waals surface area contributed by atoms with Gasteiger partial charge in [0.1, 0.15) is 12.7 Å². The maximum atomic E-state index is 6.15. The predicted octanol–water partition coefficient (Wildman–Crippen LogP) is 3.70. The summed E-state index contributed by atoms with van der Waals surface area (Å²) >= 11 is 12.0. The van der Waals surface area contributed by atoms with Crippen LogP contribution in [0.5, 0.6) is 0 Å². The Hall–Kier alpha value is -1.14. The maximum absolute atomic E-state index is 6.15. The summed E-state index contributed by atoms with van der Waals surface area (Å²) in [5.41, 5.74) is 0.910. The molecule has 1 aromatic heterocycles. The van der Waals surface area contributed by atoms with Crippen LogP contribution in [0.1, 0.15) is 24.8 Å². The van der Waals surface area contributed by atoms with Crippen LogP contribution in [0, 0.1) is 0 Å². The lowest BCUT2D eigenvalue weighted by atomic mass is 10.1. The number of halogens is 2. The van der Waals surface area contributed by atoms with Gasteiger partial charge >= 0.3 is 0 Å². The van der Waals surface area contributed by atoms with Gasteiger partial charge in [-0.2, -0.15) is 5.10 Å². The summed E-state index contributed by atoms with van der Waals surface area (Å²) < 4.78 is 13.6. The van der Waals surface area contributed by atoms with E-state index in [0.717, 1.165) is 24.8 Å². The van der Waals surface area contributed by atoms with Crippen molar-refractivity contribution in [1.82, 2.24) is 14.8 Å². The Kier molecular flexibility index (Phi) is 5.31. The molecule has 118 valence electrons. The Morgan fingerprint density at radius 1 is 1.32 bits per heavy atom. The molecule has 0 spiro atoms. The SMILES string of the molecule is Clc1ccc(COC2CCCC(Cn3cncn3)O2)c(Cl)c1. The van der Waals surface area contributed by atoms with Crippen LogP contribution < -0.4 is 0 Å². The minimum atomic E-state index is -0.214. The van der Waals surface area contributed by atoms with Crippen LogP contribution in [0.25, 0.3) is 0 Å². The Morgan fingerprint density at radius 3 is 3.00 bits per heavy atom. The molecule has 5 nitrogen and oxygen atoms in total. The van der Waals surface area contributed by atoms with Crippen molar-refractivity contribution in [3.8, 4) is 0 Å². The fraction of sp³-hybridized carbons (Fsp3) is 0.467. The topological polar surface area (TPSA) is 49.2 Å². The number of ether oxygens (including phenoxy) is 2. The number of aromatic nitrogens is 3. The monoisotopic (exact) mass is 341 g/mol. The van der Waals surface area contributed by atoms with E-state index in [1.54, 1.807) is 23.1 Å². The largest absolute Gasteiger partial charge is 0.348 e. The molecule has 0 N–H and O–H groups in total. The first-order valence-corrected chi connectivity index (χ1v) is 8.00. The Morgan fingerprint density at radius 2 is 2.23 bits per heavy atom. The zero-order valence-electron chi connectivity index (χ0n) is 12.0. The van der Waals surface area contributed by atoms with Crippen molar-refractivity contribution in [1.29, 1.82) is 0 Å². The molecule has 1 aromatic carbocycles. The highest BCUT2D eigenvalue weighted by Gasteiger charge is 2.23. The molecule has 0 bridgehead atoms. The predicted molar refractivity (Wildman–Crippen MR) is 83.8 cm³/mol. The molecule has 1 aliphatic heterocycles. The van der Waals surface area contributed by atoms with Crippen molar-refractivity contribution < 1.29 is 9.47 Å². The second-order valence-electron chi connectivity index (χ2n) is 5.28. The summed E-state index contributed by atoms with van der Waals surface area (Å²) in [6.45, 7) is 1.11. The normalized spacial score (nSPS) is 21.9. The molecule has 2 aromatic rings. The lowest BCUT2D eigenvalue weighted by Gasteiger charge is -2.29. The first kappa shape index (κ1) is 15.7. The van der Waals surface area contributed by atoms with E-state index in [4.69, 9.17) is 32.7 Å². The Labute approximate surface area is 139 Å². The first-order valence-electron chi connectivity index (χ1n) is 7.24. The van der Waals surface area contributed by atoms with Crippen LogP contribution in [-0.4, -0.2) is 27.2 Å². The van der Waals surface area contributed by atoms with Crippen LogP contribution >= 0.6 is 23.2 Å². The summed E-state index contributed by atoms with van der Waals surface area (Å²) in [5.74, 6) is 0. The lowest BCUT2D eigenvalue weighted by Crippen LogP contribution is -2.32. The minimum absolute atomic E-state index is 0.0983. The minimum Gasteiger partial charge on any atom is -0.348 e. The van der Waals surface area contributed by atoms with E-state index < -0.39 is 0 Å². The van der Waals surface area contributed by atoms with Crippen LogP contribution in [0.15, 0.2) is 30.9 Å². The van der Waals surface area contributed by atoms with E-state index in [2.05, 4.69) is 10.1 Å². The van der Waals surface area contributed by atoms with Crippen molar-refractivity contribution in [3.05, 3.63) is 46.5 Å². The van der Waals surface area contributed by atoms with Gasteiger partial charge in [-0.15, -0.1) is 0 Å². The van der Waals surface area contributed by atoms with E-state index in [0.29, 0.717) is 23.2 Å². The van der Waals surface area contributed by atoms with Gasteiger partial charge in [-0.1, -0.05) is 29.3 Å². The third-order valence-electron chi connectivity index (χ3n) is 3.61. The van der Waals surface area contributed by atoms with E-state index >= 15 is 0 Å². The van der Waals surface area contributed by atoms with Crippen LogP contribution in [0.2, 0.25) is 10.0 Å². The number of hydrogen-bond donors (Lipinski definition) is 0. The van der Waals surface area contributed by atoms with Gasteiger partial charge in [-0.05, 0) is 37.0 Å². The second-order valence-corrected chi connectivity index (χ2v) is 6.13. The number of nitrogens with zero attached hydrogens (tertiary/aromatic N) is 3. The molecule has 0 aliphatic carbocycles. The molecule has 3 rings (SSSR count). The fourth-order valence-corrected chi connectivity index (χ4v) is 2.94. The molecule has 22 heavy (non-hydrogen) atoms. The Balaban J connectivity index is 1.52. The summed E-state index contributed by atoms with van der Waals surface area (Å²) in [7, 11) is 0. The van der Waals surface area contributed by atoms with Gasteiger partial charge in [-0.3, -0.25) is 4.68 Å². The number of benzene rings is 1. The third-order valence-corrected chi connectivity index (χ3v) is 4.19. The molecule has 1 aliphatic rings. The van der Waals surface area contributed by atoms with Crippen molar-refractivity contribution in [2.75, 3.05) is 0 Å². The van der Waals surface area contributed by atoms with Crippen molar-refractivity contribution in [3.63, 3.8) is 0 Å². The molecule has 7 heteroatoms. The molecule has 1 saturated heterocycles. The van der Waals surface area contributed by atoms with E-state index in [1.807, 2.05) is 6.07 Å². The lowest BCUT2D eigenvalue weighted by molar-refractivity contribution is -0.202. The van der Waals surface area contributed by atoms with E-state index in [1.165, 1.54) is 6.33 Å². The number of hydrogen-bond acceptors (Lipinski definition) is 4. The molecule has 2 unspecified atom stereocenters. The van der Waals surface area contributed by atoms with Crippen molar-refractivity contribution in [2.24, 2.45) is 0 Å². The summed E-state index contributed by atoms with van der Waals surface area (Å²) in [4.78, 5) is 3.94. The molecular weight excluding hydrogens is 325 g/mol. The summed E-state index contributed by atoms with van der Waals surface area (Å²) in [6.07, 6.45) is 6.06. The maximum Gasteiger partial charge on any atom is 0.158 e. The fourth-order valence-electron chi connectivity index (χ4n) is 2.48. The molecule has 0 amide bonds. The highest BCUT2D eigenvalue weighted by Crippen LogP contribution is 2.25. The van der Waals surface area contributed by atoms with Crippen LogP contribution in [-0.2, 0) is 22.6 Å². The first-order chi connectivity index (χ1) is 10.7. The number of rotatable bonds is 5. The highest BCUT2D eigenvalue weighted by atomic mass is 35.5. The van der Waals surface area contributed by atoms with Crippen molar-refractivity contribution >= 4 is 23.2 Å². The van der Waals surface area contributed by atoms with Gasteiger partial charge in [0.05, 0.1) is 19.3 Å². The van der Waals surface area contributed by atoms with Crippen LogP contribution in [0.4, 0.5) is 0 Å². The van der Waals surface area contributed by atoms with Gasteiger partial charge in [0, 0.05) is 10.0 Å². The molecule has 2 atom stereocenters. The Bertz CT molecular complexity index is 607. The van der Waals surface area contributed by atoms with Gasteiger partial charge in [0.25, 0.3) is 0 Å². The molecule has 0 radical (unpaired) electrons. The van der Waals surface area contributed by atoms with Gasteiger partial charge in [0.15, 0.2) is 6.29 Å². The van der Waals surface area contributed by atoms with E-state index in [9.17, 15) is 0 Å². The van der Waals surface area contributed by atoms with Crippen molar-refractivity contribution in [2.45, 2.75) is 44.8 Å². The highest BCUT2D eigenvalue weighted by molar-refractivity contribution is 6.35. The molecule has 1 fully saturated rings. The second kappa shape index (κ2) is 7.42. The van der Waals surface area contributed by atoms with E-state index in [-0.39, 0.29) is 12.4 Å². The third kappa shape index (κ3) is 4.20. The summed E-state index contributed by atoms with van der Waals surface area (Å²) in [6, 6.07) is 5.40. The average molecular weight is 342 g/mol. The zero-order valence-corrected chi connectivity index (χ0v) is 13.5. The standard InChI is InChI=1S/C15H17Cl2N3O2/c16-12-5-4-11(14(17)6-12)8-21-15-3-1-2-13(22-15)7-20-10-18-9-19-20/h4-6,9-10,13,15H,1-3,7-8H2. The van der Waals surface area contributed by atoms with Gasteiger partial charge < -0.3 is 9.47 Å². The molecule has 2 heterocycles. The summed E-state index contributed by atoms with van der Waals surface area (Å²) in [5, 5.41) is 5.34. The molecular formula is C15H17Cl2N3O2. The molecule has 0 saturated carbocycles. The zero-order chi connectivity index (χ0) is 15.4. The quantitative estimate of drug-likeness (QED) is 0.831. The van der Waals surface area contributed by atoms with Gasteiger partial charge in [0.2, 0.25) is 0 Å².